The maximum atomic E-state index is 12.4. The second-order valence-corrected chi connectivity index (χ2v) is 7.32. The van der Waals surface area contributed by atoms with Crippen LogP contribution in [-0.4, -0.2) is 29.3 Å². The van der Waals surface area contributed by atoms with Crippen LogP contribution in [0.1, 0.15) is 28.6 Å². The molecule has 0 bridgehead atoms. The topological polar surface area (TPSA) is 85.8 Å². The van der Waals surface area contributed by atoms with Crippen molar-refractivity contribution in [3.63, 3.8) is 0 Å². The van der Waals surface area contributed by atoms with Crippen LogP contribution in [0.2, 0.25) is 5.15 Å². The molecule has 0 radical (unpaired) electrons. The largest absolute Gasteiger partial charge is 0.465 e. The number of benzene rings is 2. The number of ether oxygens (including phenoxy) is 1. The summed E-state index contributed by atoms with van der Waals surface area (Å²) in [6.45, 7) is 3.99. The number of para-hydroxylation sites is 1. The normalized spacial score (nSPS) is 11.5. The summed E-state index contributed by atoms with van der Waals surface area (Å²) in [4.78, 5) is 24.4. The van der Waals surface area contributed by atoms with E-state index < -0.39 is 5.91 Å². The minimum Gasteiger partial charge on any atom is -0.465 e. The highest BCUT2D eigenvalue weighted by atomic mass is 35.5. The van der Waals surface area contributed by atoms with E-state index >= 15 is 0 Å². The van der Waals surface area contributed by atoms with Crippen LogP contribution >= 0.6 is 11.6 Å². The number of hydrogen-bond donors (Lipinski definition) is 1. The molecule has 7 nitrogen and oxygen atoms in total. The van der Waals surface area contributed by atoms with Crippen molar-refractivity contribution in [1.82, 2.24) is 9.99 Å². The van der Waals surface area contributed by atoms with Crippen molar-refractivity contribution in [3.8, 4) is 0 Å². The Morgan fingerprint density at radius 3 is 2.84 bits per heavy atom. The molecule has 0 saturated heterocycles. The summed E-state index contributed by atoms with van der Waals surface area (Å²) in [6.07, 6.45) is 1.46. The van der Waals surface area contributed by atoms with Gasteiger partial charge < -0.3 is 13.7 Å². The molecule has 0 aliphatic carbocycles. The average Bonchev–Trinajstić information content (AvgIpc) is 3.28. The molecule has 158 valence electrons. The molecule has 2 aromatic heterocycles. The van der Waals surface area contributed by atoms with E-state index in [4.69, 9.17) is 20.8 Å². The van der Waals surface area contributed by atoms with E-state index in [1.165, 1.54) is 6.21 Å². The number of carbonyl (C=O) groups is 2. The Morgan fingerprint density at radius 1 is 1.23 bits per heavy atom. The lowest BCUT2D eigenvalue weighted by molar-refractivity contribution is -0.143. The molecular formula is C23H20ClN3O4. The van der Waals surface area contributed by atoms with Crippen molar-refractivity contribution < 1.29 is 18.7 Å². The summed E-state index contributed by atoms with van der Waals surface area (Å²) in [6, 6.07) is 14.8. The van der Waals surface area contributed by atoms with E-state index in [0.717, 1.165) is 21.9 Å². The molecule has 8 heteroatoms. The van der Waals surface area contributed by atoms with Crippen molar-refractivity contribution in [1.29, 1.82) is 0 Å². The van der Waals surface area contributed by atoms with Gasteiger partial charge >= 0.3 is 11.9 Å². The van der Waals surface area contributed by atoms with E-state index in [-0.39, 0.29) is 24.9 Å². The third kappa shape index (κ3) is 4.18. The number of amides is 1. The number of carbonyl (C=O) groups excluding carboxylic acids is 2. The van der Waals surface area contributed by atoms with Crippen LogP contribution in [0.5, 0.6) is 0 Å². The molecule has 0 saturated carbocycles. The van der Waals surface area contributed by atoms with Gasteiger partial charge in [-0.25, -0.2) is 5.43 Å². The predicted molar refractivity (Wildman–Crippen MR) is 120 cm³/mol. The van der Waals surface area contributed by atoms with Gasteiger partial charge in [-0.1, -0.05) is 41.4 Å². The number of nitrogens with zero attached hydrogens (tertiary/aromatic N) is 2. The van der Waals surface area contributed by atoms with Gasteiger partial charge in [-0.2, -0.15) is 5.10 Å². The molecule has 2 aromatic carbocycles. The number of esters is 1. The van der Waals surface area contributed by atoms with Crippen molar-refractivity contribution in [2.75, 3.05) is 6.61 Å². The fourth-order valence-electron chi connectivity index (χ4n) is 3.40. The minimum atomic E-state index is -0.475. The van der Waals surface area contributed by atoms with Gasteiger partial charge in [0.2, 0.25) is 0 Å². The number of fused-ring (bicyclic) bond motifs is 2. The fraction of sp³-hybridized carbons (Fsp3) is 0.174. The maximum Gasteiger partial charge on any atom is 0.325 e. The lowest BCUT2D eigenvalue weighted by atomic mass is 10.2. The Labute approximate surface area is 183 Å². The maximum absolute atomic E-state index is 12.4. The third-order valence-electron chi connectivity index (χ3n) is 4.79. The highest BCUT2D eigenvalue weighted by molar-refractivity contribution is 6.34. The number of hydrazone groups is 1. The summed E-state index contributed by atoms with van der Waals surface area (Å²) in [5.74, 6) is -0.702. The molecule has 2 heterocycles. The summed E-state index contributed by atoms with van der Waals surface area (Å²) in [7, 11) is 0. The lowest BCUT2D eigenvalue weighted by Gasteiger charge is -2.06. The molecule has 1 amide bonds. The molecular weight excluding hydrogens is 418 g/mol. The van der Waals surface area contributed by atoms with E-state index in [0.29, 0.717) is 16.3 Å². The zero-order valence-corrected chi connectivity index (χ0v) is 17.8. The van der Waals surface area contributed by atoms with E-state index in [1.807, 2.05) is 49.4 Å². The van der Waals surface area contributed by atoms with Crippen LogP contribution < -0.4 is 5.43 Å². The smallest absolute Gasteiger partial charge is 0.325 e. The lowest BCUT2D eigenvalue weighted by Crippen LogP contribution is -2.16. The summed E-state index contributed by atoms with van der Waals surface area (Å²) >= 11 is 6.53. The standard InChI is InChI=1S/C23H20ClN3O4/c1-3-30-21(28)13-27-18-7-5-4-6-16(18)17(22(27)24)12-25-26-23(29)20-11-15-10-14(2)8-9-19(15)31-20/h4-12H,3,13H2,1-2H3,(H,26,29)/b25-12+. The van der Waals surface area contributed by atoms with Crippen molar-refractivity contribution in [2.24, 2.45) is 5.10 Å². The Balaban J connectivity index is 1.58. The van der Waals surface area contributed by atoms with Gasteiger partial charge in [-0.15, -0.1) is 0 Å². The van der Waals surface area contributed by atoms with Crippen molar-refractivity contribution in [2.45, 2.75) is 20.4 Å². The van der Waals surface area contributed by atoms with Gasteiger partial charge in [0, 0.05) is 16.3 Å². The molecule has 0 atom stereocenters. The number of halogens is 1. The number of aromatic nitrogens is 1. The second kappa shape index (κ2) is 8.65. The predicted octanol–water partition coefficient (Wildman–Crippen LogP) is 4.68. The van der Waals surface area contributed by atoms with E-state index in [9.17, 15) is 9.59 Å². The second-order valence-electron chi connectivity index (χ2n) is 6.96. The summed E-state index contributed by atoms with van der Waals surface area (Å²) < 4.78 is 12.3. The molecule has 4 rings (SSSR count). The van der Waals surface area contributed by atoms with Crippen LogP contribution in [0.4, 0.5) is 0 Å². The summed E-state index contributed by atoms with van der Waals surface area (Å²) in [5, 5.41) is 6.02. The van der Waals surface area contributed by atoms with Gasteiger partial charge in [-0.3, -0.25) is 9.59 Å². The number of nitrogens with one attached hydrogen (secondary N) is 1. The molecule has 4 aromatic rings. The fourth-order valence-corrected chi connectivity index (χ4v) is 3.70. The molecule has 1 N–H and O–H groups in total. The Morgan fingerprint density at radius 2 is 2.03 bits per heavy atom. The first-order valence-corrected chi connectivity index (χ1v) is 10.1. The third-order valence-corrected chi connectivity index (χ3v) is 5.20. The molecule has 0 aliphatic rings. The zero-order valence-electron chi connectivity index (χ0n) is 17.0. The van der Waals surface area contributed by atoms with Gasteiger partial charge in [0.15, 0.2) is 5.76 Å². The SMILES string of the molecule is CCOC(=O)Cn1c(Cl)c(/C=N/NC(=O)c2cc3cc(C)ccc3o2)c2ccccc21. The van der Waals surface area contributed by atoms with E-state index in [2.05, 4.69) is 10.5 Å². The van der Waals surface area contributed by atoms with Crippen LogP contribution in [0, 0.1) is 6.92 Å². The average molecular weight is 438 g/mol. The first-order valence-electron chi connectivity index (χ1n) is 9.74. The van der Waals surface area contributed by atoms with Crippen LogP contribution in [-0.2, 0) is 16.1 Å². The molecule has 0 aliphatic heterocycles. The number of furan rings is 1. The minimum absolute atomic E-state index is 0.0220. The highest BCUT2D eigenvalue weighted by Crippen LogP contribution is 2.29. The number of aryl methyl sites for hydroxylation is 1. The molecule has 31 heavy (non-hydrogen) atoms. The molecule has 0 unspecified atom stereocenters. The molecule has 0 spiro atoms. The van der Waals surface area contributed by atoms with Gasteiger partial charge in [0.05, 0.1) is 18.3 Å². The Hall–Kier alpha value is -3.58. The highest BCUT2D eigenvalue weighted by Gasteiger charge is 2.17. The first kappa shape index (κ1) is 20.7. The van der Waals surface area contributed by atoms with E-state index in [1.54, 1.807) is 17.6 Å². The monoisotopic (exact) mass is 437 g/mol. The van der Waals surface area contributed by atoms with Gasteiger partial charge in [-0.05, 0) is 38.1 Å². The quantitative estimate of drug-likeness (QED) is 0.269. The molecule has 0 fully saturated rings. The van der Waals surface area contributed by atoms with Crippen LogP contribution in [0.25, 0.3) is 21.9 Å². The van der Waals surface area contributed by atoms with Crippen molar-refractivity contribution >= 4 is 51.6 Å². The summed E-state index contributed by atoms with van der Waals surface area (Å²) in [5.41, 5.74) is 5.52. The van der Waals surface area contributed by atoms with Crippen LogP contribution in [0.3, 0.4) is 0 Å². The zero-order chi connectivity index (χ0) is 22.0. The number of hydrogen-bond acceptors (Lipinski definition) is 5. The van der Waals surface area contributed by atoms with Gasteiger partial charge in [0.1, 0.15) is 17.3 Å². The van der Waals surface area contributed by atoms with Gasteiger partial charge in [0.25, 0.3) is 0 Å². The van der Waals surface area contributed by atoms with Crippen LogP contribution in [0.15, 0.2) is 58.0 Å². The first-order chi connectivity index (χ1) is 15.0. The van der Waals surface area contributed by atoms with Crippen molar-refractivity contribution in [3.05, 3.63) is 70.6 Å². The Bertz CT molecular complexity index is 1320. The Kier molecular flexibility index (Phi) is 5.77. The number of rotatable bonds is 6.